The molecule has 0 rings (SSSR count). The fourth-order valence-electron chi connectivity index (χ4n) is 0.465. The second-order valence-electron chi connectivity index (χ2n) is 2.02. The van der Waals surface area contributed by atoms with Gasteiger partial charge in [-0.3, -0.25) is 0 Å². The van der Waals surface area contributed by atoms with Gasteiger partial charge in [0.2, 0.25) is 0 Å². The lowest BCUT2D eigenvalue weighted by molar-refractivity contribution is -0.0336. The van der Waals surface area contributed by atoms with E-state index in [9.17, 15) is 13.2 Å². The summed E-state index contributed by atoms with van der Waals surface area (Å²) in [5.74, 6) is -3.41. The first kappa shape index (κ1) is 8.79. The molecule has 0 nitrogen and oxygen atoms in total. The summed E-state index contributed by atoms with van der Waals surface area (Å²) in [5, 5.41) is 0. The van der Waals surface area contributed by atoms with Gasteiger partial charge in [0.1, 0.15) is 0 Å². The van der Waals surface area contributed by atoms with Crippen molar-refractivity contribution < 1.29 is 13.2 Å². The Balaban J connectivity index is 3.59. The van der Waals surface area contributed by atoms with Crippen molar-refractivity contribution in [2.75, 3.05) is 0 Å². The van der Waals surface area contributed by atoms with E-state index in [1.165, 1.54) is 0 Å². The average molecular weight is 139 g/mol. The van der Waals surface area contributed by atoms with Gasteiger partial charge < -0.3 is 0 Å². The molecule has 0 aliphatic rings. The van der Waals surface area contributed by atoms with Crippen LogP contribution in [0.4, 0.5) is 13.2 Å². The van der Waals surface area contributed by atoms with Crippen molar-refractivity contribution in [1.82, 2.24) is 0 Å². The summed E-state index contributed by atoms with van der Waals surface area (Å²) in [6.07, 6.45) is -1.77. The summed E-state index contributed by atoms with van der Waals surface area (Å²) < 4.78 is 35.7. The number of alkyl halides is 3. The summed E-state index contributed by atoms with van der Waals surface area (Å²) >= 11 is 0. The molecule has 0 N–H and O–H groups in total. The van der Waals surface area contributed by atoms with Gasteiger partial charge in [0.05, 0.1) is 0 Å². The number of hydrogen-bond acceptors (Lipinski definition) is 0. The minimum atomic E-state index is -3.41. The molecule has 55 valence electrons. The molecule has 0 aliphatic carbocycles. The highest BCUT2D eigenvalue weighted by molar-refractivity contribution is 4.78. The Hall–Kier alpha value is -0.210. The molecule has 0 aromatic carbocycles. The topological polar surface area (TPSA) is 0 Å². The van der Waals surface area contributed by atoms with Gasteiger partial charge in [-0.2, -0.15) is 0 Å². The van der Waals surface area contributed by atoms with E-state index in [2.05, 4.69) is 6.92 Å². The smallest absolute Gasteiger partial charge is 0.241 e. The molecule has 0 bridgehead atoms. The van der Waals surface area contributed by atoms with E-state index in [1.54, 1.807) is 6.92 Å². The summed E-state index contributed by atoms with van der Waals surface area (Å²) in [4.78, 5) is 0. The van der Waals surface area contributed by atoms with E-state index >= 15 is 0 Å². The van der Waals surface area contributed by atoms with Crippen LogP contribution >= 0.6 is 0 Å². The van der Waals surface area contributed by atoms with Crippen LogP contribution in [0.2, 0.25) is 0 Å². The lowest BCUT2D eigenvalue weighted by Crippen LogP contribution is -2.25. The summed E-state index contributed by atoms with van der Waals surface area (Å²) in [7, 11) is 0. The molecule has 0 saturated carbocycles. The van der Waals surface area contributed by atoms with Crippen LogP contribution in [0.15, 0.2) is 0 Å². The molecule has 9 heavy (non-hydrogen) atoms. The molecule has 0 heterocycles. The third-order valence-electron chi connectivity index (χ3n) is 1.00. The van der Waals surface area contributed by atoms with Crippen LogP contribution in [0.3, 0.4) is 0 Å². The quantitative estimate of drug-likeness (QED) is 0.563. The normalized spacial score (nSPS) is 15.7. The molecule has 1 radical (unpaired) electrons. The Morgan fingerprint density at radius 3 is 2.11 bits per heavy atom. The fraction of sp³-hybridized carbons (Fsp3) is 0.833. The maximum atomic E-state index is 12.1. The van der Waals surface area contributed by atoms with Crippen LogP contribution in [0.1, 0.15) is 19.8 Å². The second kappa shape index (κ2) is 3.08. The van der Waals surface area contributed by atoms with Crippen LogP contribution in [0.25, 0.3) is 0 Å². The zero-order valence-corrected chi connectivity index (χ0v) is 5.33. The third kappa shape index (κ3) is 3.38. The SMILES string of the molecule is [CH2]C(F)(F)C(F)CCC. The molecule has 0 aromatic rings. The van der Waals surface area contributed by atoms with E-state index in [4.69, 9.17) is 0 Å². The molecule has 3 heteroatoms. The van der Waals surface area contributed by atoms with Gasteiger partial charge in [-0.25, -0.2) is 13.2 Å². The Labute approximate surface area is 53.1 Å². The maximum absolute atomic E-state index is 12.1. The molecule has 1 atom stereocenters. The van der Waals surface area contributed by atoms with Gasteiger partial charge in [0.15, 0.2) is 6.17 Å². The third-order valence-corrected chi connectivity index (χ3v) is 1.00. The van der Waals surface area contributed by atoms with Gasteiger partial charge in [0.25, 0.3) is 5.92 Å². The van der Waals surface area contributed by atoms with Crippen LogP contribution < -0.4 is 0 Å². The molecule has 0 aromatic heterocycles. The number of hydrogen-bond donors (Lipinski definition) is 0. The van der Waals surface area contributed by atoms with Crippen LogP contribution in [-0.4, -0.2) is 12.1 Å². The van der Waals surface area contributed by atoms with Crippen molar-refractivity contribution in [3.63, 3.8) is 0 Å². The fourth-order valence-corrected chi connectivity index (χ4v) is 0.465. The summed E-state index contributed by atoms with van der Waals surface area (Å²) in [5.41, 5.74) is 0. The molecule has 1 unspecified atom stereocenters. The highest BCUT2D eigenvalue weighted by Gasteiger charge is 2.33. The Morgan fingerprint density at radius 1 is 1.56 bits per heavy atom. The molecule has 0 saturated heterocycles. The van der Waals surface area contributed by atoms with Crippen LogP contribution in [-0.2, 0) is 0 Å². The van der Waals surface area contributed by atoms with Gasteiger partial charge in [-0.1, -0.05) is 13.3 Å². The van der Waals surface area contributed by atoms with Gasteiger partial charge in [-0.05, 0) is 6.42 Å². The predicted octanol–water partition coefficient (Wildman–Crippen LogP) is 2.59. The second-order valence-corrected chi connectivity index (χ2v) is 2.02. The highest BCUT2D eigenvalue weighted by atomic mass is 19.3. The van der Waals surface area contributed by atoms with E-state index in [0.717, 1.165) is 0 Å². The molecule has 0 spiro atoms. The Bertz CT molecular complexity index is 74.9. The van der Waals surface area contributed by atoms with Crippen molar-refractivity contribution in [2.45, 2.75) is 31.9 Å². The first-order valence-corrected chi connectivity index (χ1v) is 2.85. The van der Waals surface area contributed by atoms with Crippen molar-refractivity contribution in [2.24, 2.45) is 0 Å². The summed E-state index contributed by atoms with van der Waals surface area (Å²) in [6.45, 7) is 4.03. The standard InChI is InChI=1S/C6H10F3/c1-3-4-5(7)6(2,8)9/h5H,2-4H2,1H3. The lowest BCUT2D eigenvalue weighted by atomic mass is 10.1. The predicted molar refractivity (Wildman–Crippen MR) is 30.1 cm³/mol. The number of rotatable bonds is 3. The Morgan fingerprint density at radius 2 is 2.00 bits per heavy atom. The monoisotopic (exact) mass is 139 g/mol. The summed E-state index contributed by atoms with van der Waals surface area (Å²) in [6, 6.07) is 0. The van der Waals surface area contributed by atoms with Crippen LogP contribution in [0, 0.1) is 6.92 Å². The minimum Gasteiger partial charge on any atom is -0.241 e. The van der Waals surface area contributed by atoms with E-state index < -0.39 is 12.1 Å². The van der Waals surface area contributed by atoms with Crippen molar-refractivity contribution in [3.05, 3.63) is 6.92 Å². The zero-order valence-electron chi connectivity index (χ0n) is 5.33. The molecule has 0 amide bonds. The number of halogens is 3. The Kier molecular flexibility index (Phi) is 3.01. The molecule has 0 fully saturated rings. The van der Waals surface area contributed by atoms with Crippen molar-refractivity contribution >= 4 is 0 Å². The molecular formula is C6H10F3. The zero-order chi connectivity index (χ0) is 7.49. The van der Waals surface area contributed by atoms with E-state index in [0.29, 0.717) is 6.42 Å². The average Bonchev–Trinajstić information content (AvgIpc) is 1.64. The van der Waals surface area contributed by atoms with E-state index in [-0.39, 0.29) is 6.42 Å². The van der Waals surface area contributed by atoms with Crippen molar-refractivity contribution in [1.29, 1.82) is 0 Å². The first-order valence-electron chi connectivity index (χ1n) is 2.85. The van der Waals surface area contributed by atoms with Gasteiger partial charge in [0, 0.05) is 6.92 Å². The lowest BCUT2D eigenvalue weighted by Gasteiger charge is -2.13. The molecule has 0 aliphatic heterocycles. The largest absolute Gasteiger partial charge is 0.278 e. The molecular weight excluding hydrogens is 129 g/mol. The van der Waals surface area contributed by atoms with E-state index in [1.807, 2.05) is 0 Å². The van der Waals surface area contributed by atoms with Crippen LogP contribution in [0.5, 0.6) is 0 Å². The highest BCUT2D eigenvalue weighted by Crippen LogP contribution is 2.23. The first-order chi connectivity index (χ1) is 3.98. The van der Waals surface area contributed by atoms with Crippen molar-refractivity contribution in [3.8, 4) is 0 Å². The minimum absolute atomic E-state index is 0.115. The maximum Gasteiger partial charge on any atom is 0.278 e. The van der Waals surface area contributed by atoms with Gasteiger partial charge >= 0.3 is 0 Å². The van der Waals surface area contributed by atoms with Gasteiger partial charge in [-0.15, -0.1) is 0 Å².